The third-order valence-corrected chi connectivity index (χ3v) is 5.84. The van der Waals surface area contributed by atoms with Crippen LogP contribution in [0.2, 0.25) is 0 Å². The lowest BCUT2D eigenvalue weighted by atomic mass is 10.1. The fourth-order valence-corrected chi connectivity index (χ4v) is 3.96. The molecular formula is C19H27N3O3S. The van der Waals surface area contributed by atoms with E-state index in [0.717, 1.165) is 19.6 Å². The number of terminal acetylenes is 1. The predicted molar refractivity (Wildman–Crippen MR) is 102 cm³/mol. The van der Waals surface area contributed by atoms with Crippen LogP contribution in [-0.4, -0.2) is 51.9 Å². The Morgan fingerprint density at radius 1 is 1.23 bits per heavy atom. The molecule has 1 amide bonds. The van der Waals surface area contributed by atoms with Gasteiger partial charge in [-0.05, 0) is 56.1 Å². The van der Waals surface area contributed by atoms with Crippen LogP contribution in [-0.2, 0) is 10.0 Å². The van der Waals surface area contributed by atoms with E-state index in [9.17, 15) is 13.2 Å². The molecule has 1 unspecified atom stereocenters. The van der Waals surface area contributed by atoms with Crippen molar-refractivity contribution in [3.63, 3.8) is 0 Å². The maximum Gasteiger partial charge on any atom is 0.251 e. The van der Waals surface area contributed by atoms with Crippen LogP contribution in [0.5, 0.6) is 0 Å². The number of sulfonamides is 1. The van der Waals surface area contributed by atoms with Gasteiger partial charge in [-0.2, -0.15) is 4.72 Å². The first-order valence-corrected chi connectivity index (χ1v) is 10.4. The van der Waals surface area contributed by atoms with E-state index in [1.807, 2.05) is 0 Å². The van der Waals surface area contributed by atoms with Gasteiger partial charge in [-0.3, -0.25) is 4.79 Å². The molecule has 1 aliphatic heterocycles. The molecule has 2 rings (SSSR count). The quantitative estimate of drug-likeness (QED) is 0.672. The Labute approximate surface area is 156 Å². The molecule has 0 aromatic heterocycles. The van der Waals surface area contributed by atoms with Crippen LogP contribution < -0.4 is 10.0 Å². The van der Waals surface area contributed by atoms with E-state index in [0.29, 0.717) is 18.0 Å². The minimum atomic E-state index is -3.64. The minimum Gasteiger partial charge on any atom is -0.352 e. The van der Waals surface area contributed by atoms with E-state index < -0.39 is 10.0 Å². The SMILES string of the molecule is C#CCNS(=O)(=O)c1ccc(C(=O)NCC(C)CN2CCCCC2)cc1. The summed E-state index contributed by atoms with van der Waals surface area (Å²) in [5.41, 5.74) is 0.436. The lowest BCUT2D eigenvalue weighted by Crippen LogP contribution is -2.38. The highest BCUT2D eigenvalue weighted by Crippen LogP contribution is 2.12. The number of nitrogens with zero attached hydrogens (tertiary/aromatic N) is 1. The smallest absolute Gasteiger partial charge is 0.251 e. The van der Waals surface area contributed by atoms with Gasteiger partial charge in [-0.25, -0.2) is 8.42 Å². The second-order valence-electron chi connectivity index (χ2n) is 6.73. The number of amides is 1. The first-order valence-electron chi connectivity index (χ1n) is 8.96. The van der Waals surface area contributed by atoms with Gasteiger partial charge in [0.15, 0.2) is 0 Å². The Balaban J connectivity index is 1.84. The summed E-state index contributed by atoms with van der Waals surface area (Å²) in [5.74, 6) is 2.39. The summed E-state index contributed by atoms with van der Waals surface area (Å²) in [6.07, 6.45) is 8.88. The van der Waals surface area contributed by atoms with E-state index in [4.69, 9.17) is 6.42 Å². The highest BCUT2D eigenvalue weighted by Gasteiger charge is 2.16. The fraction of sp³-hybridized carbons (Fsp3) is 0.526. The summed E-state index contributed by atoms with van der Waals surface area (Å²) in [7, 11) is -3.64. The second-order valence-corrected chi connectivity index (χ2v) is 8.50. The van der Waals surface area contributed by atoms with Crippen LogP contribution in [0.1, 0.15) is 36.5 Å². The number of piperidine rings is 1. The summed E-state index contributed by atoms with van der Waals surface area (Å²) in [4.78, 5) is 14.8. The highest BCUT2D eigenvalue weighted by atomic mass is 32.2. The van der Waals surface area contributed by atoms with Crippen LogP contribution in [0.25, 0.3) is 0 Å². The summed E-state index contributed by atoms with van der Waals surface area (Å²) in [6, 6.07) is 5.83. The van der Waals surface area contributed by atoms with Gasteiger partial charge in [0.1, 0.15) is 0 Å². The molecule has 142 valence electrons. The van der Waals surface area contributed by atoms with Gasteiger partial charge in [0.2, 0.25) is 10.0 Å². The molecule has 0 spiro atoms. The van der Waals surface area contributed by atoms with Gasteiger partial charge >= 0.3 is 0 Å². The second kappa shape index (κ2) is 9.72. The van der Waals surface area contributed by atoms with Crippen LogP contribution in [0.4, 0.5) is 0 Å². The van der Waals surface area contributed by atoms with Crippen molar-refractivity contribution in [1.82, 2.24) is 14.9 Å². The van der Waals surface area contributed by atoms with E-state index in [2.05, 4.69) is 27.8 Å². The highest BCUT2D eigenvalue weighted by molar-refractivity contribution is 7.89. The van der Waals surface area contributed by atoms with Crippen LogP contribution in [0, 0.1) is 18.3 Å². The zero-order valence-electron chi connectivity index (χ0n) is 15.2. The van der Waals surface area contributed by atoms with Gasteiger partial charge in [0.05, 0.1) is 11.4 Å². The Morgan fingerprint density at radius 2 is 1.88 bits per heavy atom. The van der Waals surface area contributed by atoms with Crippen molar-refractivity contribution in [2.45, 2.75) is 31.1 Å². The number of hydrogen-bond acceptors (Lipinski definition) is 4. The van der Waals surface area contributed by atoms with Crippen molar-refractivity contribution < 1.29 is 13.2 Å². The molecule has 1 atom stereocenters. The number of hydrogen-bond donors (Lipinski definition) is 2. The number of carbonyl (C=O) groups is 1. The van der Waals surface area contributed by atoms with Crippen LogP contribution in [0.15, 0.2) is 29.2 Å². The molecular weight excluding hydrogens is 350 g/mol. The zero-order chi connectivity index (χ0) is 19.0. The minimum absolute atomic E-state index is 0.0700. The summed E-state index contributed by atoms with van der Waals surface area (Å²) in [5, 5.41) is 2.92. The largest absolute Gasteiger partial charge is 0.352 e. The fourth-order valence-electron chi connectivity index (χ4n) is 3.02. The Bertz CT molecular complexity index is 732. The Morgan fingerprint density at radius 3 is 2.50 bits per heavy atom. The zero-order valence-corrected chi connectivity index (χ0v) is 16.0. The first-order chi connectivity index (χ1) is 12.4. The number of nitrogens with one attached hydrogen (secondary N) is 2. The lowest BCUT2D eigenvalue weighted by Gasteiger charge is -2.29. The summed E-state index contributed by atoms with van der Waals surface area (Å²) >= 11 is 0. The monoisotopic (exact) mass is 377 g/mol. The van der Waals surface area contributed by atoms with Crippen LogP contribution >= 0.6 is 0 Å². The number of benzene rings is 1. The molecule has 1 aromatic rings. The molecule has 7 heteroatoms. The third kappa shape index (κ3) is 6.13. The van der Waals surface area contributed by atoms with Gasteiger partial charge in [0, 0.05) is 18.7 Å². The number of likely N-dealkylation sites (tertiary alicyclic amines) is 1. The Hall–Kier alpha value is -1.88. The molecule has 26 heavy (non-hydrogen) atoms. The van der Waals surface area contributed by atoms with Crippen molar-refractivity contribution in [3.05, 3.63) is 29.8 Å². The number of rotatable bonds is 8. The molecule has 0 aliphatic carbocycles. The van der Waals surface area contributed by atoms with Crippen molar-refractivity contribution in [3.8, 4) is 12.3 Å². The maximum atomic E-state index is 12.3. The van der Waals surface area contributed by atoms with Gasteiger partial charge in [-0.1, -0.05) is 19.3 Å². The lowest BCUT2D eigenvalue weighted by molar-refractivity contribution is 0.0942. The van der Waals surface area contributed by atoms with E-state index >= 15 is 0 Å². The maximum absolute atomic E-state index is 12.3. The molecule has 1 aliphatic rings. The molecule has 2 N–H and O–H groups in total. The van der Waals surface area contributed by atoms with Gasteiger partial charge < -0.3 is 10.2 Å². The van der Waals surface area contributed by atoms with E-state index in [-0.39, 0.29) is 17.3 Å². The molecule has 0 bridgehead atoms. The van der Waals surface area contributed by atoms with Crippen molar-refractivity contribution in [1.29, 1.82) is 0 Å². The first kappa shape index (κ1) is 20.4. The van der Waals surface area contributed by atoms with E-state index in [1.54, 1.807) is 0 Å². The normalized spacial score (nSPS) is 16.6. The van der Waals surface area contributed by atoms with Crippen molar-refractivity contribution >= 4 is 15.9 Å². The summed E-state index contributed by atoms with van der Waals surface area (Å²) in [6.45, 7) is 5.92. The predicted octanol–water partition coefficient (Wildman–Crippen LogP) is 1.45. The van der Waals surface area contributed by atoms with Gasteiger partial charge in [-0.15, -0.1) is 6.42 Å². The van der Waals surface area contributed by atoms with Crippen molar-refractivity contribution in [2.75, 3.05) is 32.7 Å². The molecule has 6 nitrogen and oxygen atoms in total. The standard InChI is InChI=1S/C19H27N3O3S/c1-3-11-21-26(24,25)18-9-7-17(8-10-18)19(23)20-14-16(2)15-22-12-5-4-6-13-22/h1,7-10,16,21H,4-6,11-15H2,2H3,(H,20,23). The van der Waals surface area contributed by atoms with E-state index in [1.165, 1.54) is 43.5 Å². The summed E-state index contributed by atoms with van der Waals surface area (Å²) < 4.78 is 26.2. The molecule has 1 aromatic carbocycles. The van der Waals surface area contributed by atoms with Gasteiger partial charge in [0.25, 0.3) is 5.91 Å². The average molecular weight is 378 g/mol. The number of carbonyl (C=O) groups excluding carboxylic acids is 1. The Kier molecular flexibility index (Phi) is 7.64. The molecule has 0 saturated carbocycles. The average Bonchev–Trinajstić information content (AvgIpc) is 2.65. The molecule has 1 fully saturated rings. The molecule has 0 radical (unpaired) electrons. The molecule has 1 heterocycles. The van der Waals surface area contributed by atoms with Crippen LogP contribution in [0.3, 0.4) is 0 Å². The van der Waals surface area contributed by atoms with Crippen molar-refractivity contribution in [2.24, 2.45) is 5.92 Å². The third-order valence-electron chi connectivity index (χ3n) is 4.42. The topological polar surface area (TPSA) is 78.5 Å². The molecule has 1 saturated heterocycles.